The predicted octanol–water partition coefficient (Wildman–Crippen LogP) is 1.51. The molecule has 0 saturated heterocycles. The van der Waals surface area contributed by atoms with Crippen LogP contribution in [0.5, 0.6) is 0 Å². The summed E-state index contributed by atoms with van der Waals surface area (Å²) >= 11 is 0. The van der Waals surface area contributed by atoms with Gasteiger partial charge < -0.3 is 11.1 Å². The average molecular weight is 298 g/mol. The van der Waals surface area contributed by atoms with Crippen LogP contribution in [0.2, 0.25) is 0 Å². The third kappa shape index (κ3) is 3.96. The Hall–Kier alpha value is -1.56. The van der Waals surface area contributed by atoms with Gasteiger partial charge in [-0.3, -0.25) is 4.79 Å². The Morgan fingerprint density at radius 3 is 2.45 bits per heavy atom. The number of nitrogens with one attached hydrogen (secondary N) is 1. The van der Waals surface area contributed by atoms with Crippen molar-refractivity contribution in [2.24, 2.45) is 5.92 Å². The molecule has 1 unspecified atom stereocenters. The molecule has 3 N–H and O–H groups in total. The van der Waals surface area contributed by atoms with Crippen LogP contribution in [0, 0.1) is 12.8 Å². The second-order valence-electron chi connectivity index (χ2n) is 5.33. The number of rotatable bonds is 5. The van der Waals surface area contributed by atoms with E-state index in [1.165, 1.54) is 6.07 Å². The SMILES string of the molecule is Cc1c(N)cccc1S(=O)(=O)CC(=O)NC(C)C(C)C. The quantitative estimate of drug-likeness (QED) is 0.806. The summed E-state index contributed by atoms with van der Waals surface area (Å²) in [5, 5.41) is 2.69. The molecular weight excluding hydrogens is 276 g/mol. The highest BCUT2D eigenvalue weighted by Gasteiger charge is 2.23. The molecule has 1 amide bonds. The topological polar surface area (TPSA) is 89.3 Å². The van der Waals surface area contributed by atoms with Crippen LogP contribution in [0.3, 0.4) is 0 Å². The second-order valence-corrected chi connectivity index (χ2v) is 7.29. The maximum absolute atomic E-state index is 12.3. The Bertz CT molecular complexity index is 594. The van der Waals surface area contributed by atoms with Gasteiger partial charge >= 0.3 is 0 Å². The summed E-state index contributed by atoms with van der Waals surface area (Å²) < 4.78 is 24.5. The minimum Gasteiger partial charge on any atom is -0.398 e. The van der Waals surface area contributed by atoms with Crippen LogP contribution < -0.4 is 11.1 Å². The molecule has 1 atom stereocenters. The molecule has 1 rings (SSSR count). The molecule has 0 aliphatic heterocycles. The molecule has 0 aliphatic carbocycles. The molecule has 1 aromatic carbocycles. The summed E-state index contributed by atoms with van der Waals surface area (Å²) in [6.07, 6.45) is 0. The van der Waals surface area contributed by atoms with E-state index in [-0.39, 0.29) is 16.9 Å². The van der Waals surface area contributed by atoms with Crippen LogP contribution in [0.25, 0.3) is 0 Å². The minimum atomic E-state index is -3.68. The van der Waals surface area contributed by atoms with Crippen LogP contribution in [0.4, 0.5) is 5.69 Å². The monoisotopic (exact) mass is 298 g/mol. The number of anilines is 1. The minimum absolute atomic E-state index is 0.0698. The smallest absolute Gasteiger partial charge is 0.235 e. The second kappa shape index (κ2) is 6.26. The summed E-state index contributed by atoms with van der Waals surface area (Å²) in [5.74, 6) is -0.808. The number of sulfone groups is 1. The fourth-order valence-corrected chi connectivity index (χ4v) is 3.14. The lowest BCUT2D eigenvalue weighted by molar-refractivity contribution is -0.119. The van der Waals surface area contributed by atoms with Crippen LogP contribution in [0.15, 0.2) is 23.1 Å². The molecule has 5 nitrogen and oxygen atoms in total. The maximum atomic E-state index is 12.3. The van der Waals surface area contributed by atoms with Gasteiger partial charge in [-0.25, -0.2) is 8.42 Å². The van der Waals surface area contributed by atoms with Gasteiger partial charge in [-0.15, -0.1) is 0 Å². The van der Waals surface area contributed by atoms with Crippen LogP contribution in [-0.4, -0.2) is 26.1 Å². The van der Waals surface area contributed by atoms with Crippen molar-refractivity contribution in [2.45, 2.75) is 38.6 Å². The van der Waals surface area contributed by atoms with Crippen molar-refractivity contribution in [2.75, 3.05) is 11.5 Å². The first kappa shape index (κ1) is 16.5. The first-order valence-corrected chi connectivity index (χ1v) is 8.17. The van der Waals surface area contributed by atoms with E-state index < -0.39 is 21.5 Å². The molecule has 0 spiro atoms. The third-order valence-electron chi connectivity index (χ3n) is 3.37. The number of carbonyl (C=O) groups excluding carboxylic acids is 1. The fraction of sp³-hybridized carbons (Fsp3) is 0.500. The number of amides is 1. The lowest BCUT2D eigenvalue weighted by Crippen LogP contribution is -2.39. The number of carbonyl (C=O) groups is 1. The molecule has 0 heterocycles. The highest BCUT2D eigenvalue weighted by molar-refractivity contribution is 7.92. The predicted molar refractivity (Wildman–Crippen MR) is 80.1 cm³/mol. The number of nitrogens with two attached hydrogens (primary N) is 1. The molecule has 112 valence electrons. The molecule has 0 bridgehead atoms. The van der Waals surface area contributed by atoms with Gasteiger partial charge in [0.2, 0.25) is 5.91 Å². The number of hydrogen-bond donors (Lipinski definition) is 2. The van der Waals surface area contributed by atoms with Gasteiger partial charge in [-0.05, 0) is 37.5 Å². The molecule has 6 heteroatoms. The van der Waals surface area contributed by atoms with Crippen molar-refractivity contribution < 1.29 is 13.2 Å². The van der Waals surface area contributed by atoms with Crippen molar-refractivity contribution in [3.63, 3.8) is 0 Å². The van der Waals surface area contributed by atoms with Crippen LogP contribution in [-0.2, 0) is 14.6 Å². The molecule has 0 aromatic heterocycles. The van der Waals surface area contributed by atoms with Gasteiger partial charge in [-0.1, -0.05) is 19.9 Å². The van der Waals surface area contributed by atoms with Gasteiger partial charge in [0.25, 0.3) is 0 Å². The van der Waals surface area contributed by atoms with Crippen molar-refractivity contribution in [3.8, 4) is 0 Å². The molecule has 0 fully saturated rings. The Balaban J connectivity index is 2.91. The molecule has 1 aromatic rings. The third-order valence-corrected chi connectivity index (χ3v) is 5.13. The summed E-state index contributed by atoms with van der Waals surface area (Å²) in [6.45, 7) is 7.40. The van der Waals surface area contributed by atoms with Gasteiger partial charge in [0, 0.05) is 11.7 Å². The van der Waals surface area contributed by atoms with Gasteiger partial charge in [0.05, 0.1) is 4.90 Å². The summed E-state index contributed by atoms with van der Waals surface area (Å²) in [5.41, 5.74) is 6.59. The zero-order valence-corrected chi connectivity index (χ0v) is 13.1. The Morgan fingerprint density at radius 1 is 1.30 bits per heavy atom. The number of benzene rings is 1. The summed E-state index contributed by atoms with van der Waals surface area (Å²) in [7, 11) is -3.68. The number of hydrogen-bond acceptors (Lipinski definition) is 4. The van der Waals surface area contributed by atoms with Crippen molar-refractivity contribution in [1.29, 1.82) is 0 Å². The lowest BCUT2D eigenvalue weighted by Gasteiger charge is -2.17. The number of nitrogen functional groups attached to an aromatic ring is 1. The van der Waals surface area contributed by atoms with Crippen LogP contribution in [0.1, 0.15) is 26.3 Å². The van der Waals surface area contributed by atoms with Gasteiger partial charge in [0.1, 0.15) is 5.75 Å². The summed E-state index contributed by atoms with van der Waals surface area (Å²) in [6, 6.07) is 4.61. The standard InChI is InChI=1S/C14H22N2O3S/c1-9(2)11(4)16-14(17)8-20(18,19)13-7-5-6-12(15)10(13)3/h5-7,9,11H,8,15H2,1-4H3,(H,16,17). The van der Waals surface area contributed by atoms with E-state index in [0.29, 0.717) is 11.3 Å². The van der Waals surface area contributed by atoms with Crippen molar-refractivity contribution >= 4 is 21.4 Å². The average Bonchev–Trinajstić information content (AvgIpc) is 2.31. The van der Waals surface area contributed by atoms with E-state index in [9.17, 15) is 13.2 Å². The van der Waals surface area contributed by atoms with E-state index in [2.05, 4.69) is 5.32 Å². The molecule has 0 saturated carbocycles. The fourth-order valence-electron chi connectivity index (χ4n) is 1.68. The largest absolute Gasteiger partial charge is 0.398 e. The Morgan fingerprint density at radius 2 is 1.90 bits per heavy atom. The molecule has 20 heavy (non-hydrogen) atoms. The first-order valence-electron chi connectivity index (χ1n) is 6.52. The lowest BCUT2D eigenvalue weighted by atomic mass is 10.1. The van der Waals surface area contributed by atoms with E-state index >= 15 is 0 Å². The van der Waals surface area contributed by atoms with Gasteiger partial charge in [-0.2, -0.15) is 0 Å². The van der Waals surface area contributed by atoms with Crippen molar-refractivity contribution in [3.05, 3.63) is 23.8 Å². The van der Waals surface area contributed by atoms with E-state index in [4.69, 9.17) is 5.73 Å². The van der Waals surface area contributed by atoms with Crippen molar-refractivity contribution in [1.82, 2.24) is 5.32 Å². The Labute approximate surface area is 120 Å². The maximum Gasteiger partial charge on any atom is 0.235 e. The summed E-state index contributed by atoms with van der Waals surface area (Å²) in [4.78, 5) is 11.9. The van der Waals surface area contributed by atoms with E-state index in [1.807, 2.05) is 20.8 Å². The van der Waals surface area contributed by atoms with E-state index in [0.717, 1.165) is 0 Å². The first-order chi connectivity index (χ1) is 9.15. The molecule has 0 aliphatic rings. The zero-order chi connectivity index (χ0) is 15.5. The molecular formula is C14H22N2O3S. The highest BCUT2D eigenvalue weighted by atomic mass is 32.2. The normalized spacial score (nSPS) is 13.2. The highest BCUT2D eigenvalue weighted by Crippen LogP contribution is 2.21. The van der Waals surface area contributed by atoms with Gasteiger partial charge in [0.15, 0.2) is 9.84 Å². The van der Waals surface area contributed by atoms with E-state index in [1.54, 1.807) is 19.1 Å². The van der Waals surface area contributed by atoms with Crippen LogP contribution >= 0.6 is 0 Å². The zero-order valence-electron chi connectivity index (χ0n) is 12.3. The Kier molecular flexibility index (Phi) is 5.16. The molecule has 0 radical (unpaired) electrons.